The molecule has 3 aromatic rings. The highest BCUT2D eigenvalue weighted by Gasteiger charge is 2.26. The Bertz CT molecular complexity index is 1290. The van der Waals surface area contributed by atoms with Crippen LogP contribution in [0.5, 0.6) is 5.75 Å². The van der Waals surface area contributed by atoms with Crippen LogP contribution >= 0.6 is 11.3 Å². The number of piperazine rings is 1. The van der Waals surface area contributed by atoms with Crippen LogP contribution in [-0.2, 0) is 4.74 Å². The minimum absolute atomic E-state index is 0.0437. The summed E-state index contributed by atoms with van der Waals surface area (Å²) in [6.45, 7) is 5.07. The smallest absolute Gasteiger partial charge is 0.410 e. The van der Waals surface area contributed by atoms with Crippen LogP contribution in [0.25, 0.3) is 0 Å². The van der Waals surface area contributed by atoms with Crippen molar-refractivity contribution >= 4 is 45.5 Å². The molecule has 0 aliphatic carbocycles. The van der Waals surface area contributed by atoms with Crippen molar-refractivity contribution in [1.29, 1.82) is 0 Å². The number of ether oxygens (including phenoxy) is 2. The SMILES string of the molecule is CC(C)(C)OC(=O)N1CCN(c2ccc(Nc3nc(N)c(C(=O)c4cccc(OC(F)F)c4)s3)cc2)CC1. The molecule has 2 aromatic carbocycles. The van der Waals surface area contributed by atoms with Gasteiger partial charge in [0.05, 0.1) is 0 Å². The number of carbonyl (C=O) groups excluding carboxylic acids is 2. The van der Waals surface area contributed by atoms with Crippen LogP contribution in [0.2, 0.25) is 0 Å². The van der Waals surface area contributed by atoms with E-state index in [9.17, 15) is 18.4 Å². The quantitative estimate of drug-likeness (QED) is 0.382. The fraction of sp³-hybridized carbons (Fsp3) is 0.346. The van der Waals surface area contributed by atoms with E-state index in [0.717, 1.165) is 22.7 Å². The van der Waals surface area contributed by atoms with Gasteiger partial charge in [-0.15, -0.1) is 0 Å². The van der Waals surface area contributed by atoms with Gasteiger partial charge in [0.2, 0.25) is 5.78 Å². The van der Waals surface area contributed by atoms with E-state index in [1.54, 1.807) is 4.90 Å². The molecule has 202 valence electrons. The molecule has 1 fully saturated rings. The maximum absolute atomic E-state index is 12.9. The predicted molar refractivity (Wildman–Crippen MR) is 143 cm³/mol. The average Bonchev–Trinajstić information content (AvgIpc) is 3.22. The fourth-order valence-corrected chi connectivity index (χ4v) is 4.71. The Morgan fingerprint density at radius 3 is 2.39 bits per heavy atom. The number of hydrogen-bond acceptors (Lipinski definition) is 9. The van der Waals surface area contributed by atoms with E-state index < -0.39 is 18.0 Å². The standard InChI is InChI=1S/C26H29F2N5O4S/c1-26(2,3)37-25(35)33-13-11-32(12-14-33)18-9-7-17(8-10-18)30-24-31-22(29)21(38-24)20(34)16-5-4-6-19(15-16)36-23(27)28/h4-10,15,23H,11-14,29H2,1-3H3,(H,30,31). The van der Waals surface area contributed by atoms with Crippen LogP contribution in [-0.4, -0.2) is 60.2 Å². The number of rotatable bonds is 7. The zero-order valence-electron chi connectivity index (χ0n) is 21.2. The normalized spacial score (nSPS) is 13.9. The minimum Gasteiger partial charge on any atom is -0.444 e. The monoisotopic (exact) mass is 545 g/mol. The van der Waals surface area contributed by atoms with Crippen molar-refractivity contribution < 1.29 is 27.8 Å². The topological polar surface area (TPSA) is 110 Å². The molecule has 3 N–H and O–H groups in total. The first kappa shape index (κ1) is 27.1. The number of nitrogens with one attached hydrogen (secondary N) is 1. The van der Waals surface area contributed by atoms with Crippen LogP contribution in [0.15, 0.2) is 48.5 Å². The van der Waals surface area contributed by atoms with Crippen LogP contribution < -0.4 is 20.7 Å². The van der Waals surface area contributed by atoms with E-state index >= 15 is 0 Å². The molecular formula is C26H29F2N5O4S. The van der Waals surface area contributed by atoms with Crippen LogP contribution in [0.3, 0.4) is 0 Å². The van der Waals surface area contributed by atoms with E-state index in [-0.39, 0.29) is 28.1 Å². The molecule has 0 spiro atoms. The third-order valence-electron chi connectivity index (χ3n) is 5.60. The Kier molecular flexibility index (Phi) is 8.00. The Balaban J connectivity index is 1.36. The number of nitrogen functional groups attached to an aromatic ring is 1. The van der Waals surface area contributed by atoms with E-state index in [1.165, 1.54) is 24.3 Å². The van der Waals surface area contributed by atoms with Crippen molar-refractivity contribution in [2.45, 2.75) is 33.0 Å². The molecule has 0 unspecified atom stereocenters. The number of benzene rings is 2. The largest absolute Gasteiger partial charge is 0.444 e. The summed E-state index contributed by atoms with van der Waals surface area (Å²) >= 11 is 1.07. The van der Waals surface area contributed by atoms with Crippen molar-refractivity contribution in [2.24, 2.45) is 0 Å². The molecule has 0 radical (unpaired) electrons. The lowest BCUT2D eigenvalue weighted by Gasteiger charge is -2.36. The molecule has 1 saturated heterocycles. The number of nitrogens with zero attached hydrogens (tertiary/aromatic N) is 3. The summed E-state index contributed by atoms with van der Waals surface area (Å²) in [6.07, 6.45) is -0.300. The molecule has 0 saturated carbocycles. The minimum atomic E-state index is -2.99. The Morgan fingerprint density at radius 1 is 1.08 bits per heavy atom. The first-order valence-electron chi connectivity index (χ1n) is 11.9. The molecule has 12 heteroatoms. The Hall–Kier alpha value is -3.93. The molecule has 0 bridgehead atoms. The summed E-state index contributed by atoms with van der Waals surface area (Å²) < 4.78 is 34.8. The van der Waals surface area contributed by atoms with Crippen molar-refractivity contribution in [3.8, 4) is 5.75 Å². The summed E-state index contributed by atoms with van der Waals surface area (Å²) in [7, 11) is 0. The van der Waals surface area contributed by atoms with Gasteiger partial charge >= 0.3 is 12.7 Å². The summed E-state index contributed by atoms with van der Waals surface area (Å²) in [6, 6.07) is 13.2. The second-order valence-corrected chi connectivity index (χ2v) is 10.6. The molecule has 38 heavy (non-hydrogen) atoms. The van der Waals surface area contributed by atoms with Crippen molar-refractivity contribution in [3.63, 3.8) is 0 Å². The zero-order chi connectivity index (χ0) is 27.4. The van der Waals surface area contributed by atoms with E-state index in [2.05, 4.69) is 19.9 Å². The van der Waals surface area contributed by atoms with Gasteiger partial charge < -0.3 is 30.3 Å². The number of carbonyl (C=O) groups is 2. The van der Waals surface area contributed by atoms with Crippen molar-refractivity contribution in [1.82, 2.24) is 9.88 Å². The molecule has 1 aliphatic heterocycles. The van der Waals surface area contributed by atoms with Crippen molar-refractivity contribution in [2.75, 3.05) is 42.1 Å². The highest BCUT2D eigenvalue weighted by Crippen LogP contribution is 2.31. The van der Waals surface area contributed by atoms with Gasteiger partial charge in [-0.3, -0.25) is 4.79 Å². The summed E-state index contributed by atoms with van der Waals surface area (Å²) in [5, 5.41) is 3.57. The van der Waals surface area contributed by atoms with Crippen LogP contribution in [0.4, 0.5) is 35.9 Å². The van der Waals surface area contributed by atoms with Crippen molar-refractivity contribution in [3.05, 3.63) is 59.0 Å². The molecule has 4 rings (SSSR count). The molecular weight excluding hydrogens is 516 g/mol. The predicted octanol–water partition coefficient (Wildman–Crippen LogP) is 5.36. The van der Waals surface area contributed by atoms with Gasteiger partial charge in [-0.25, -0.2) is 9.78 Å². The number of alkyl halides is 2. The first-order valence-corrected chi connectivity index (χ1v) is 12.8. The number of amides is 1. The zero-order valence-corrected chi connectivity index (χ0v) is 22.1. The second-order valence-electron chi connectivity index (χ2n) is 9.60. The third kappa shape index (κ3) is 6.88. The highest BCUT2D eigenvalue weighted by atomic mass is 32.1. The maximum atomic E-state index is 12.9. The maximum Gasteiger partial charge on any atom is 0.410 e. The highest BCUT2D eigenvalue weighted by molar-refractivity contribution is 7.18. The molecule has 0 atom stereocenters. The second kappa shape index (κ2) is 11.2. The van der Waals surface area contributed by atoms with Gasteiger partial charge in [0, 0.05) is 43.1 Å². The molecule has 1 aromatic heterocycles. The Morgan fingerprint density at radius 2 is 1.76 bits per heavy atom. The lowest BCUT2D eigenvalue weighted by Crippen LogP contribution is -2.50. The lowest BCUT2D eigenvalue weighted by atomic mass is 10.1. The van der Waals surface area contributed by atoms with Gasteiger partial charge in [-0.1, -0.05) is 23.5 Å². The van der Waals surface area contributed by atoms with Gasteiger partial charge in [0.15, 0.2) is 5.13 Å². The number of hydrogen-bond donors (Lipinski definition) is 2. The van der Waals surface area contributed by atoms with E-state index in [4.69, 9.17) is 10.5 Å². The van der Waals surface area contributed by atoms with Gasteiger partial charge in [-0.05, 0) is 57.2 Å². The summed E-state index contributed by atoms with van der Waals surface area (Å²) in [5.41, 5.74) is 7.39. The number of aromatic nitrogens is 1. The first-order chi connectivity index (χ1) is 18.0. The number of halogens is 2. The fourth-order valence-electron chi connectivity index (χ4n) is 3.85. The van der Waals surface area contributed by atoms with Crippen LogP contribution in [0.1, 0.15) is 36.0 Å². The number of nitrogens with two attached hydrogens (primary N) is 1. The summed E-state index contributed by atoms with van der Waals surface area (Å²) in [5.74, 6) is -0.505. The average molecular weight is 546 g/mol. The van der Waals surface area contributed by atoms with Gasteiger partial charge in [-0.2, -0.15) is 8.78 Å². The Labute approximate surface area is 223 Å². The number of ketones is 1. The molecule has 1 amide bonds. The molecule has 1 aliphatic rings. The third-order valence-corrected chi connectivity index (χ3v) is 6.58. The summed E-state index contributed by atoms with van der Waals surface area (Å²) in [4.78, 5) is 33.5. The number of thiazole rings is 1. The van der Waals surface area contributed by atoms with Crippen LogP contribution in [0, 0.1) is 0 Å². The van der Waals surface area contributed by atoms with E-state index in [1.807, 2.05) is 45.0 Å². The molecule has 9 nitrogen and oxygen atoms in total. The van der Waals surface area contributed by atoms with Gasteiger partial charge in [0.25, 0.3) is 0 Å². The molecule has 2 heterocycles. The van der Waals surface area contributed by atoms with Gasteiger partial charge in [0.1, 0.15) is 22.0 Å². The number of anilines is 4. The van der Waals surface area contributed by atoms with E-state index in [0.29, 0.717) is 31.3 Å². The lowest BCUT2D eigenvalue weighted by molar-refractivity contribution is -0.0498.